The van der Waals surface area contributed by atoms with Crippen molar-refractivity contribution in [2.75, 3.05) is 5.75 Å². The molecule has 2 nitrogen and oxygen atoms in total. The van der Waals surface area contributed by atoms with Crippen LogP contribution in [-0.4, -0.2) is 21.8 Å². The molecule has 0 N–H and O–H groups in total. The number of hydrogen-bond donors (Lipinski definition) is 0. The third-order valence-electron chi connectivity index (χ3n) is 2.87. The minimum atomic E-state index is 0.446. The van der Waals surface area contributed by atoms with Crippen molar-refractivity contribution in [2.24, 2.45) is 4.99 Å². The van der Waals surface area contributed by atoms with E-state index in [2.05, 4.69) is 47.2 Å². The quantitative estimate of drug-likeness (QED) is 0.765. The highest BCUT2D eigenvalue weighted by Crippen LogP contribution is 2.25. The van der Waals surface area contributed by atoms with E-state index in [-0.39, 0.29) is 0 Å². The van der Waals surface area contributed by atoms with Crippen molar-refractivity contribution in [3.05, 3.63) is 41.6 Å². The highest BCUT2D eigenvalue weighted by atomic mass is 32.2. The van der Waals surface area contributed by atoms with E-state index in [1.807, 2.05) is 18.7 Å². The average Bonchev–Trinajstić information content (AvgIpc) is 2.75. The van der Waals surface area contributed by atoms with E-state index in [1.54, 1.807) is 0 Å². The van der Waals surface area contributed by atoms with Crippen LogP contribution < -0.4 is 0 Å². The molecule has 17 heavy (non-hydrogen) atoms. The molecule has 3 heteroatoms. The standard InChI is InChI=1S/C14H14N2S/c1-9-3-4-11-7-12(5-6-13(11)15-9)14-16-10(2)8-17-14/h3-7,10H,8H2,1-2H3. The molecule has 2 aromatic rings. The zero-order valence-electron chi connectivity index (χ0n) is 9.97. The fraction of sp³-hybridized carbons (Fsp3) is 0.286. The van der Waals surface area contributed by atoms with Crippen molar-refractivity contribution >= 4 is 27.7 Å². The fourth-order valence-electron chi connectivity index (χ4n) is 1.99. The first kappa shape index (κ1) is 10.8. The lowest BCUT2D eigenvalue weighted by molar-refractivity contribution is 0.865. The zero-order valence-corrected chi connectivity index (χ0v) is 10.8. The van der Waals surface area contributed by atoms with Crippen LogP contribution in [0.2, 0.25) is 0 Å². The highest BCUT2D eigenvalue weighted by molar-refractivity contribution is 8.14. The Morgan fingerprint density at radius 1 is 1.24 bits per heavy atom. The Morgan fingerprint density at radius 2 is 2.12 bits per heavy atom. The van der Waals surface area contributed by atoms with Crippen molar-refractivity contribution in [1.82, 2.24) is 4.98 Å². The van der Waals surface area contributed by atoms with Crippen LogP contribution in [0.4, 0.5) is 0 Å². The molecule has 1 aliphatic rings. The summed E-state index contributed by atoms with van der Waals surface area (Å²) in [7, 11) is 0. The topological polar surface area (TPSA) is 25.2 Å². The van der Waals surface area contributed by atoms with E-state index in [0.717, 1.165) is 17.0 Å². The smallest absolute Gasteiger partial charge is 0.0981 e. The van der Waals surface area contributed by atoms with Gasteiger partial charge in [-0.1, -0.05) is 12.1 Å². The Labute approximate surface area is 105 Å². The van der Waals surface area contributed by atoms with E-state index in [0.29, 0.717) is 6.04 Å². The van der Waals surface area contributed by atoms with E-state index < -0.39 is 0 Å². The molecule has 0 spiro atoms. The van der Waals surface area contributed by atoms with Crippen molar-refractivity contribution in [3.8, 4) is 0 Å². The van der Waals surface area contributed by atoms with Crippen LogP contribution in [0.15, 0.2) is 35.3 Å². The molecule has 0 amide bonds. The summed E-state index contributed by atoms with van der Waals surface area (Å²) in [6.45, 7) is 4.18. The third-order valence-corrected chi connectivity index (χ3v) is 4.14. The molecule has 1 aromatic carbocycles. The minimum absolute atomic E-state index is 0.446. The van der Waals surface area contributed by atoms with Crippen molar-refractivity contribution in [2.45, 2.75) is 19.9 Å². The van der Waals surface area contributed by atoms with Gasteiger partial charge in [0.15, 0.2) is 0 Å². The average molecular weight is 242 g/mol. The zero-order chi connectivity index (χ0) is 11.8. The van der Waals surface area contributed by atoms with Crippen LogP contribution in [0.25, 0.3) is 10.9 Å². The second kappa shape index (κ2) is 4.15. The number of aliphatic imine (C=N–C) groups is 1. The fourth-order valence-corrected chi connectivity index (χ4v) is 3.01. The molecule has 1 aromatic heterocycles. The number of rotatable bonds is 1. The molecular formula is C14H14N2S. The number of fused-ring (bicyclic) bond motifs is 1. The van der Waals surface area contributed by atoms with Crippen molar-refractivity contribution < 1.29 is 0 Å². The molecule has 0 fully saturated rings. The summed E-state index contributed by atoms with van der Waals surface area (Å²) in [5, 5.41) is 2.36. The number of aryl methyl sites for hydroxylation is 1. The first-order valence-electron chi connectivity index (χ1n) is 5.81. The van der Waals surface area contributed by atoms with E-state index in [9.17, 15) is 0 Å². The second-order valence-corrected chi connectivity index (χ2v) is 5.46. The Morgan fingerprint density at radius 3 is 2.88 bits per heavy atom. The lowest BCUT2D eigenvalue weighted by Gasteiger charge is -2.03. The molecule has 3 rings (SSSR count). The summed E-state index contributed by atoms with van der Waals surface area (Å²) in [5.74, 6) is 1.10. The van der Waals surface area contributed by atoms with Gasteiger partial charge in [0.25, 0.3) is 0 Å². The Bertz CT molecular complexity index is 604. The third kappa shape index (κ3) is 2.07. The summed E-state index contributed by atoms with van der Waals surface area (Å²) in [6.07, 6.45) is 0. The van der Waals surface area contributed by atoms with Gasteiger partial charge in [0.05, 0.1) is 16.6 Å². The predicted octanol–water partition coefficient (Wildman–Crippen LogP) is 3.43. The van der Waals surface area contributed by atoms with Crippen molar-refractivity contribution in [1.29, 1.82) is 0 Å². The van der Waals surface area contributed by atoms with Crippen LogP contribution in [0.3, 0.4) is 0 Å². The van der Waals surface area contributed by atoms with Gasteiger partial charge >= 0.3 is 0 Å². The van der Waals surface area contributed by atoms with E-state index in [1.165, 1.54) is 16.0 Å². The molecule has 86 valence electrons. The maximum Gasteiger partial charge on any atom is 0.0981 e. The van der Waals surface area contributed by atoms with Crippen LogP contribution >= 0.6 is 11.8 Å². The van der Waals surface area contributed by atoms with E-state index in [4.69, 9.17) is 0 Å². The molecule has 2 heterocycles. The largest absolute Gasteiger partial charge is 0.274 e. The van der Waals surface area contributed by atoms with Gasteiger partial charge in [0.2, 0.25) is 0 Å². The summed E-state index contributed by atoms with van der Waals surface area (Å²) in [6, 6.07) is 11.0. The lowest BCUT2D eigenvalue weighted by Crippen LogP contribution is -1.94. The Hall–Kier alpha value is -1.35. The van der Waals surface area contributed by atoms with Gasteiger partial charge in [-0.2, -0.15) is 0 Å². The number of benzene rings is 1. The van der Waals surface area contributed by atoms with Gasteiger partial charge in [0.1, 0.15) is 0 Å². The summed E-state index contributed by atoms with van der Waals surface area (Å²) < 4.78 is 0. The molecule has 1 atom stereocenters. The summed E-state index contributed by atoms with van der Waals surface area (Å²) in [5.41, 5.74) is 3.34. The number of pyridine rings is 1. The number of hydrogen-bond acceptors (Lipinski definition) is 3. The predicted molar refractivity (Wildman–Crippen MR) is 74.9 cm³/mol. The van der Waals surface area contributed by atoms with Crippen LogP contribution in [-0.2, 0) is 0 Å². The summed E-state index contributed by atoms with van der Waals surface area (Å²) in [4.78, 5) is 9.15. The maximum atomic E-state index is 4.64. The number of aromatic nitrogens is 1. The number of nitrogens with zero attached hydrogens (tertiary/aromatic N) is 2. The van der Waals surface area contributed by atoms with Gasteiger partial charge in [-0.15, -0.1) is 11.8 Å². The second-order valence-electron chi connectivity index (χ2n) is 4.45. The molecule has 1 aliphatic heterocycles. The normalized spacial score (nSPS) is 19.6. The van der Waals surface area contributed by atoms with Gasteiger partial charge in [-0.05, 0) is 32.0 Å². The molecular weight excluding hydrogens is 228 g/mol. The molecule has 0 radical (unpaired) electrons. The highest BCUT2D eigenvalue weighted by Gasteiger charge is 2.15. The molecule has 0 saturated carbocycles. The molecule has 1 unspecified atom stereocenters. The first-order valence-corrected chi connectivity index (χ1v) is 6.79. The van der Waals surface area contributed by atoms with Gasteiger partial charge in [0, 0.05) is 22.4 Å². The van der Waals surface area contributed by atoms with Crippen LogP contribution in [0.1, 0.15) is 18.2 Å². The monoisotopic (exact) mass is 242 g/mol. The first-order chi connectivity index (χ1) is 8.22. The molecule has 0 aliphatic carbocycles. The van der Waals surface area contributed by atoms with Gasteiger partial charge < -0.3 is 0 Å². The van der Waals surface area contributed by atoms with Crippen molar-refractivity contribution in [3.63, 3.8) is 0 Å². The van der Waals surface area contributed by atoms with E-state index >= 15 is 0 Å². The molecule has 0 bridgehead atoms. The minimum Gasteiger partial charge on any atom is -0.274 e. The maximum absolute atomic E-state index is 4.64. The molecule has 0 saturated heterocycles. The SMILES string of the molecule is Cc1ccc2cc(C3=NC(C)CS3)ccc2n1. The van der Waals surface area contributed by atoms with Gasteiger partial charge in [-0.3, -0.25) is 9.98 Å². The summed E-state index contributed by atoms with van der Waals surface area (Å²) >= 11 is 1.84. The lowest BCUT2D eigenvalue weighted by atomic mass is 10.1. The Kier molecular flexibility index (Phi) is 2.63. The van der Waals surface area contributed by atoms with Crippen LogP contribution in [0.5, 0.6) is 0 Å². The van der Waals surface area contributed by atoms with Crippen LogP contribution in [0, 0.1) is 6.92 Å². The Balaban J connectivity index is 2.08. The number of thioether (sulfide) groups is 1. The van der Waals surface area contributed by atoms with Gasteiger partial charge in [-0.25, -0.2) is 0 Å².